The largest absolute Gasteiger partial charge is 0.376 e. The molecule has 30 heavy (non-hydrogen) atoms. The molecule has 3 rings (SSSR count). The van der Waals surface area contributed by atoms with Crippen LogP contribution in [-0.2, 0) is 11.3 Å². The number of aromatic nitrogens is 1. The van der Waals surface area contributed by atoms with Gasteiger partial charge in [-0.15, -0.1) is 0 Å². The molecule has 1 aliphatic heterocycles. The summed E-state index contributed by atoms with van der Waals surface area (Å²) in [5.74, 6) is 0. The first-order valence-electron chi connectivity index (χ1n) is 10.8. The number of pyridine rings is 1. The predicted molar refractivity (Wildman–Crippen MR) is 127 cm³/mol. The quantitative estimate of drug-likeness (QED) is 0.496. The van der Waals surface area contributed by atoms with Crippen molar-refractivity contribution in [2.24, 2.45) is 0 Å². The van der Waals surface area contributed by atoms with E-state index in [4.69, 9.17) is 17.0 Å². The molecule has 164 valence electrons. The first-order valence-corrected chi connectivity index (χ1v) is 11.2. The minimum Gasteiger partial charge on any atom is -0.376 e. The average molecular weight is 431 g/mol. The molecule has 1 atom stereocenters. The molecule has 0 unspecified atom stereocenters. The van der Waals surface area contributed by atoms with Crippen LogP contribution in [0.4, 0.5) is 0 Å². The van der Waals surface area contributed by atoms with Gasteiger partial charge < -0.3 is 24.8 Å². The molecule has 0 radical (unpaired) electrons. The van der Waals surface area contributed by atoms with Crippen molar-refractivity contribution in [3.05, 3.63) is 45.2 Å². The topological polar surface area (TPSA) is 60.6 Å². The highest BCUT2D eigenvalue weighted by Crippen LogP contribution is 2.19. The van der Waals surface area contributed by atoms with Crippen LogP contribution in [0.5, 0.6) is 0 Å². The highest BCUT2D eigenvalue weighted by atomic mass is 32.1. The van der Waals surface area contributed by atoms with Crippen LogP contribution in [0.1, 0.15) is 36.0 Å². The Bertz CT molecular complexity index is 935. The van der Waals surface area contributed by atoms with Crippen molar-refractivity contribution in [3.8, 4) is 0 Å². The summed E-state index contributed by atoms with van der Waals surface area (Å²) in [6.07, 6.45) is 3.29. The molecule has 6 nitrogen and oxygen atoms in total. The summed E-state index contributed by atoms with van der Waals surface area (Å²) in [6, 6.07) is 6.21. The summed E-state index contributed by atoms with van der Waals surface area (Å²) in [7, 11) is 4.13. The normalized spacial score (nSPS) is 16.4. The summed E-state index contributed by atoms with van der Waals surface area (Å²) >= 11 is 5.70. The number of aromatic amines is 1. The number of rotatable bonds is 8. The molecule has 1 aliphatic rings. The third-order valence-electron chi connectivity index (χ3n) is 5.53. The van der Waals surface area contributed by atoms with Gasteiger partial charge in [-0.25, -0.2) is 0 Å². The second kappa shape index (κ2) is 10.4. The highest BCUT2D eigenvalue weighted by Gasteiger charge is 2.22. The molecule has 1 aromatic carbocycles. The van der Waals surface area contributed by atoms with E-state index in [2.05, 4.69) is 53.3 Å². The van der Waals surface area contributed by atoms with Crippen molar-refractivity contribution >= 4 is 28.2 Å². The Morgan fingerprint density at radius 1 is 1.30 bits per heavy atom. The van der Waals surface area contributed by atoms with Crippen molar-refractivity contribution < 1.29 is 4.74 Å². The Hall–Kier alpha value is -1.96. The zero-order valence-corrected chi connectivity index (χ0v) is 19.4. The van der Waals surface area contributed by atoms with Gasteiger partial charge in [0.25, 0.3) is 5.56 Å². The van der Waals surface area contributed by atoms with Crippen molar-refractivity contribution in [1.82, 2.24) is 20.1 Å². The van der Waals surface area contributed by atoms with Crippen molar-refractivity contribution in [1.29, 1.82) is 0 Å². The van der Waals surface area contributed by atoms with Crippen LogP contribution in [0.2, 0.25) is 0 Å². The summed E-state index contributed by atoms with van der Waals surface area (Å²) < 4.78 is 5.84. The lowest BCUT2D eigenvalue weighted by Gasteiger charge is -2.28. The fraction of sp³-hybridized carbons (Fsp3) is 0.565. The lowest BCUT2D eigenvalue weighted by molar-refractivity contribution is 0.0897. The molecule has 0 spiro atoms. The number of nitrogens with one attached hydrogen (secondary N) is 2. The van der Waals surface area contributed by atoms with E-state index in [0.29, 0.717) is 18.2 Å². The Kier molecular flexibility index (Phi) is 7.86. The van der Waals surface area contributed by atoms with Crippen LogP contribution in [0.15, 0.2) is 23.0 Å². The van der Waals surface area contributed by atoms with Crippen LogP contribution in [0.3, 0.4) is 0 Å². The van der Waals surface area contributed by atoms with Crippen LogP contribution >= 0.6 is 12.2 Å². The Morgan fingerprint density at radius 2 is 2.10 bits per heavy atom. The lowest BCUT2D eigenvalue weighted by Crippen LogP contribution is -2.44. The van der Waals surface area contributed by atoms with Crippen LogP contribution < -0.4 is 10.9 Å². The molecule has 1 fully saturated rings. The van der Waals surface area contributed by atoms with E-state index in [-0.39, 0.29) is 11.7 Å². The van der Waals surface area contributed by atoms with E-state index in [1.807, 2.05) is 13.0 Å². The van der Waals surface area contributed by atoms with Gasteiger partial charge in [0, 0.05) is 25.3 Å². The number of ether oxygens (including phenoxy) is 1. The maximum absolute atomic E-state index is 12.8. The summed E-state index contributed by atoms with van der Waals surface area (Å²) in [6.45, 7) is 7.89. The number of H-pyrrole nitrogens is 1. The van der Waals surface area contributed by atoms with E-state index >= 15 is 0 Å². The molecular formula is C23H34N4O2S. The Balaban J connectivity index is 1.78. The SMILES string of the molecule is Cc1cc(C)c2[nH]c(=O)c(CN(C[C@@H]3CCCO3)C(=S)NCCCN(C)C)cc2c1. The zero-order chi connectivity index (χ0) is 21.7. The van der Waals surface area contributed by atoms with Gasteiger partial charge in [0.1, 0.15) is 0 Å². The predicted octanol–water partition coefficient (Wildman–Crippen LogP) is 2.95. The summed E-state index contributed by atoms with van der Waals surface area (Å²) in [4.78, 5) is 20.1. The van der Waals surface area contributed by atoms with Crippen molar-refractivity contribution in [3.63, 3.8) is 0 Å². The van der Waals surface area contributed by atoms with Crippen LogP contribution in [0, 0.1) is 13.8 Å². The molecule has 2 N–H and O–H groups in total. The Morgan fingerprint density at radius 3 is 2.80 bits per heavy atom. The van der Waals surface area contributed by atoms with Gasteiger partial charge in [-0.2, -0.15) is 0 Å². The molecule has 0 aliphatic carbocycles. The molecular weight excluding hydrogens is 396 g/mol. The number of hydrogen-bond acceptors (Lipinski definition) is 4. The summed E-state index contributed by atoms with van der Waals surface area (Å²) in [5.41, 5.74) is 3.85. The number of hydrogen-bond donors (Lipinski definition) is 2. The van der Waals surface area contributed by atoms with E-state index in [0.717, 1.165) is 61.0 Å². The van der Waals surface area contributed by atoms with E-state index in [1.54, 1.807) is 0 Å². The lowest BCUT2D eigenvalue weighted by atomic mass is 10.1. The molecule has 0 saturated carbocycles. The van der Waals surface area contributed by atoms with Crippen molar-refractivity contribution in [2.75, 3.05) is 40.3 Å². The number of thiocarbonyl (C=S) groups is 1. The standard InChI is InChI=1S/C23H34N4O2S/c1-16-11-17(2)21-18(12-16)13-19(22(28)25-21)14-27(15-20-7-5-10-29-20)23(30)24-8-6-9-26(3)4/h11-13,20H,5-10,14-15H2,1-4H3,(H,24,30)(H,25,28)/t20-/m0/s1. The van der Waals surface area contributed by atoms with E-state index in [9.17, 15) is 4.79 Å². The van der Waals surface area contributed by atoms with Gasteiger partial charge in [-0.3, -0.25) is 4.79 Å². The van der Waals surface area contributed by atoms with Gasteiger partial charge in [-0.05, 0) is 89.1 Å². The number of aryl methyl sites for hydroxylation is 2. The molecule has 2 aromatic rings. The minimum atomic E-state index is -0.0535. The number of nitrogens with zero attached hydrogens (tertiary/aromatic N) is 2. The molecule has 2 heterocycles. The average Bonchev–Trinajstić information content (AvgIpc) is 3.18. The number of benzene rings is 1. The van der Waals surface area contributed by atoms with Gasteiger partial charge in [0.2, 0.25) is 0 Å². The molecule has 1 saturated heterocycles. The van der Waals surface area contributed by atoms with E-state index < -0.39 is 0 Å². The maximum Gasteiger partial charge on any atom is 0.253 e. The first-order chi connectivity index (χ1) is 14.3. The van der Waals surface area contributed by atoms with Crippen LogP contribution in [0.25, 0.3) is 10.9 Å². The fourth-order valence-electron chi connectivity index (χ4n) is 4.01. The van der Waals surface area contributed by atoms with Gasteiger partial charge >= 0.3 is 0 Å². The van der Waals surface area contributed by atoms with Gasteiger partial charge in [0.15, 0.2) is 5.11 Å². The Labute approximate surface area is 184 Å². The molecule has 0 bridgehead atoms. The van der Waals surface area contributed by atoms with Crippen LogP contribution in [-0.4, -0.2) is 66.3 Å². The summed E-state index contributed by atoms with van der Waals surface area (Å²) in [5, 5.41) is 5.11. The molecule has 1 aromatic heterocycles. The monoisotopic (exact) mass is 430 g/mol. The molecule has 7 heteroatoms. The smallest absolute Gasteiger partial charge is 0.253 e. The zero-order valence-electron chi connectivity index (χ0n) is 18.6. The van der Waals surface area contributed by atoms with Gasteiger partial charge in [0.05, 0.1) is 18.2 Å². The third kappa shape index (κ3) is 6.03. The minimum absolute atomic E-state index is 0.0535. The first kappa shape index (κ1) is 22.7. The fourth-order valence-corrected chi connectivity index (χ4v) is 4.25. The van der Waals surface area contributed by atoms with Gasteiger partial charge in [-0.1, -0.05) is 11.6 Å². The van der Waals surface area contributed by atoms with E-state index in [1.165, 1.54) is 5.56 Å². The second-order valence-electron chi connectivity index (χ2n) is 8.57. The van der Waals surface area contributed by atoms with Crippen molar-refractivity contribution in [2.45, 2.75) is 45.8 Å². The highest BCUT2D eigenvalue weighted by molar-refractivity contribution is 7.80. The molecule has 0 amide bonds. The number of fused-ring (bicyclic) bond motifs is 1. The maximum atomic E-state index is 12.8. The second-order valence-corrected chi connectivity index (χ2v) is 8.96. The third-order valence-corrected chi connectivity index (χ3v) is 5.93.